The van der Waals surface area contributed by atoms with E-state index < -0.39 is 29.1 Å². The molecule has 0 aliphatic rings. The highest BCUT2D eigenvalue weighted by molar-refractivity contribution is 7.14. The fraction of sp³-hybridized carbons (Fsp3) is 0.405. The number of carbonyl (C=O) groups is 3. The topological polar surface area (TPSA) is 90.9 Å². The lowest BCUT2D eigenvalue weighted by Gasteiger charge is -2.29. The van der Waals surface area contributed by atoms with E-state index in [1.807, 2.05) is 79.7 Å². The highest BCUT2D eigenvalue weighted by atomic mass is 32.1. The molecule has 0 unspecified atom stereocenters. The van der Waals surface area contributed by atoms with E-state index in [1.54, 1.807) is 41.5 Å². The largest absolute Gasteiger partial charge is 0.459 e. The standard InChI is InChI=1S/C42H51NO6S/c1-29-25-36(40(46)47-28-30-17-11-8-12-18-30)50-35(29)24-23-31(26-34(38(44)48-41(2,3)4)39(45)49-42(5,6)7)27-43-37(32-19-13-9-14-20-32)33-21-15-10-16-22-33/h8-22,25,31,34,37,43H,23-24,26-28H2,1-7H3/t31-/m0/s1. The molecule has 0 radical (unpaired) electrons. The van der Waals surface area contributed by atoms with Crippen molar-refractivity contribution in [2.24, 2.45) is 11.8 Å². The molecule has 1 aromatic heterocycles. The third-order valence-corrected chi connectivity index (χ3v) is 9.32. The Morgan fingerprint density at radius 1 is 0.740 bits per heavy atom. The van der Waals surface area contributed by atoms with Crippen LogP contribution < -0.4 is 5.32 Å². The first-order valence-corrected chi connectivity index (χ1v) is 18.1. The maximum atomic E-state index is 13.6. The molecule has 4 aromatic rings. The molecule has 1 atom stereocenters. The maximum absolute atomic E-state index is 13.6. The summed E-state index contributed by atoms with van der Waals surface area (Å²) >= 11 is 1.43. The van der Waals surface area contributed by atoms with E-state index in [0.29, 0.717) is 24.3 Å². The van der Waals surface area contributed by atoms with Crippen LogP contribution in [0, 0.1) is 18.8 Å². The van der Waals surface area contributed by atoms with Crippen LogP contribution in [0.3, 0.4) is 0 Å². The molecule has 0 aliphatic heterocycles. The van der Waals surface area contributed by atoms with Crippen molar-refractivity contribution in [1.29, 1.82) is 0 Å². The third kappa shape index (κ3) is 12.3. The van der Waals surface area contributed by atoms with Crippen LogP contribution in [0.4, 0.5) is 0 Å². The second-order valence-electron chi connectivity index (χ2n) is 14.7. The van der Waals surface area contributed by atoms with E-state index in [1.165, 1.54) is 11.3 Å². The summed E-state index contributed by atoms with van der Waals surface area (Å²) < 4.78 is 17.1. The smallest absolute Gasteiger partial charge is 0.348 e. The summed E-state index contributed by atoms with van der Waals surface area (Å²) in [6, 6.07) is 31.8. The Hall–Kier alpha value is -4.27. The molecule has 0 saturated heterocycles. The van der Waals surface area contributed by atoms with Crippen LogP contribution in [0.1, 0.15) is 97.2 Å². The summed E-state index contributed by atoms with van der Waals surface area (Å²) in [7, 11) is 0. The minimum absolute atomic E-state index is 0.101. The van der Waals surface area contributed by atoms with Gasteiger partial charge in [-0.3, -0.25) is 9.59 Å². The van der Waals surface area contributed by atoms with Crippen molar-refractivity contribution in [2.45, 2.75) is 91.6 Å². The lowest BCUT2D eigenvalue weighted by Crippen LogP contribution is -2.39. The molecular weight excluding hydrogens is 647 g/mol. The first-order chi connectivity index (χ1) is 23.7. The third-order valence-electron chi connectivity index (χ3n) is 8.04. The SMILES string of the molecule is Cc1cc(C(=O)OCc2ccccc2)sc1CC[C@H](CNC(c1ccccc1)c1ccccc1)CC(C(=O)OC(C)(C)C)C(=O)OC(C)(C)C. The van der Waals surface area contributed by atoms with E-state index in [0.717, 1.165) is 27.1 Å². The van der Waals surface area contributed by atoms with E-state index in [2.05, 4.69) is 29.6 Å². The Balaban J connectivity index is 1.58. The van der Waals surface area contributed by atoms with Gasteiger partial charge < -0.3 is 19.5 Å². The Morgan fingerprint density at radius 2 is 1.24 bits per heavy atom. The van der Waals surface area contributed by atoms with Gasteiger partial charge in [0.2, 0.25) is 0 Å². The zero-order valence-electron chi connectivity index (χ0n) is 30.4. The van der Waals surface area contributed by atoms with Crippen molar-refractivity contribution in [3.63, 3.8) is 0 Å². The molecule has 0 bridgehead atoms. The molecule has 0 amide bonds. The molecule has 7 nitrogen and oxygen atoms in total. The molecule has 266 valence electrons. The number of ether oxygens (including phenoxy) is 3. The van der Waals surface area contributed by atoms with Crippen LogP contribution in [0.2, 0.25) is 0 Å². The summed E-state index contributed by atoms with van der Waals surface area (Å²) in [5, 5.41) is 3.76. The van der Waals surface area contributed by atoms with E-state index >= 15 is 0 Å². The highest BCUT2D eigenvalue weighted by Crippen LogP contribution is 2.30. The maximum Gasteiger partial charge on any atom is 0.348 e. The van der Waals surface area contributed by atoms with E-state index in [9.17, 15) is 14.4 Å². The minimum Gasteiger partial charge on any atom is -0.459 e. The molecule has 0 spiro atoms. The average Bonchev–Trinajstić information content (AvgIpc) is 3.44. The van der Waals surface area contributed by atoms with Gasteiger partial charge in [-0.1, -0.05) is 91.0 Å². The molecule has 0 fully saturated rings. The summed E-state index contributed by atoms with van der Waals surface area (Å²) in [4.78, 5) is 41.7. The number of esters is 3. The van der Waals surface area contributed by atoms with Crippen LogP contribution in [0.15, 0.2) is 97.1 Å². The lowest BCUT2D eigenvalue weighted by molar-refractivity contribution is -0.175. The van der Waals surface area contributed by atoms with Gasteiger partial charge in [-0.05, 0) is 109 Å². The Kier molecular flexibility index (Phi) is 13.6. The average molecular weight is 698 g/mol. The number of rotatable bonds is 15. The monoisotopic (exact) mass is 697 g/mol. The van der Waals surface area contributed by atoms with Gasteiger partial charge in [-0.2, -0.15) is 0 Å². The van der Waals surface area contributed by atoms with Gasteiger partial charge in [-0.25, -0.2) is 4.79 Å². The second kappa shape index (κ2) is 17.6. The molecule has 0 saturated carbocycles. The predicted octanol–water partition coefficient (Wildman–Crippen LogP) is 9.03. The van der Waals surface area contributed by atoms with Crippen LogP contribution >= 0.6 is 11.3 Å². The summed E-state index contributed by atoms with van der Waals surface area (Å²) in [6.07, 6.45) is 1.56. The Bertz CT molecular complexity index is 1600. The van der Waals surface area contributed by atoms with Gasteiger partial charge in [0, 0.05) is 4.88 Å². The molecule has 3 aromatic carbocycles. The van der Waals surface area contributed by atoms with E-state index in [4.69, 9.17) is 14.2 Å². The number of nitrogens with one attached hydrogen (secondary N) is 1. The van der Waals surface area contributed by atoms with Crippen LogP contribution in [0.25, 0.3) is 0 Å². The minimum atomic E-state index is -1.10. The van der Waals surface area contributed by atoms with Crippen molar-refractivity contribution in [3.8, 4) is 0 Å². The van der Waals surface area contributed by atoms with Gasteiger partial charge in [0.15, 0.2) is 5.92 Å². The van der Waals surface area contributed by atoms with Gasteiger partial charge in [0.1, 0.15) is 22.7 Å². The lowest BCUT2D eigenvalue weighted by atomic mass is 9.89. The first kappa shape index (κ1) is 38.5. The summed E-state index contributed by atoms with van der Waals surface area (Å²) in [5.74, 6) is -2.75. The molecule has 0 aliphatic carbocycles. The van der Waals surface area contributed by atoms with Crippen molar-refractivity contribution >= 4 is 29.2 Å². The van der Waals surface area contributed by atoms with Crippen molar-refractivity contribution in [2.75, 3.05) is 6.54 Å². The van der Waals surface area contributed by atoms with Crippen molar-refractivity contribution < 1.29 is 28.6 Å². The molecule has 8 heteroatoms. The number of aryl methyl sites for hydroxylation is 2. The number of hydrogen-bond acceptors (Lipinski definition) is 8. The van der Waals surface area contributed by atoms with Gasteiger partial charge in [0.25, 0.3) is 0 Å². The van der Waals surface area contributed by atoms with Crippen LogP contribution in [-0.2, 0) is 36.8 Å². The molecule has 1 heterocycles. The quantitative estimate of drug-likeness (QED) is 0.0753. The van der Waals surface area contributed by atoms with Gasteiger partial charge in [-0.15, -0.1) is 11.3 Å². The Morgan fingerprint density at radius 3 is 1.74 bits per heavy atom. The van der Waals surface area contributed by atoms with Crippen LogP contribution in [-0.4, -0.2) is 35.7 Å². The fourth-order valence-corrected chi connectivity index (χ4v) is 6.76. The number of carbonyl (C=O) groups excluding carboxylic acids is 3. The molecule has 1 N–H and O–H groups in total. The summed E-state index contributed by atoms with van der Waals surface area (Å²) in [6.45, 7) is 13.5. The predicted molar refractivity (Wildman–Crippen MR) is 199 cm³/mol. The number of benzene rings is 3. The first-order valence-electron chi connectivity index (χ1n) is 17.3. The molecular formula is C42H51NO6S. The Labute approximate surface area is 301 Å². The fourth-order valence-electron chi connectivity index (χ4n) is 5.67. The van der Waals surface area contributed by atoms with E-state index in [-0.39, 0.29) is 31.0 Å². The normalized spacial score (nSPS) is 12.5. The highest BCUT2D eigenvalue weighted by Gasteiger charge is 2.37. The molecule has 50 heavy (non-hydrogen) atoms. The summed E-state index contributed by atoms with van der Waals surface area (Å²) in [5.41, 5.74) is 2.63. The number of thiophene rings is 1. The second-order valence-corrected chi connectivity index (χ2v) is 15.8. The van der Waals surface area contributed by atoms with Crippen molar-refractivity contribution in [3.05, 3.63) is 129 Å². The van der Waals surface area contributed by atoms with Crippen molar-refractivity contribution in [1.82, 2.24) is 5.32 Å². The zero-order chi connectivity index (χ0) is 36.3. The molecule has 4 rings (SSSR count). The number of hydrogen-bond donors (Lipinski definition) is 1. The van der Waals surface area contributed by atoms with Gasteiger partial charge in [0.05, 0.1) is 6.04 Å². The van der Waals surface area contributed by atoms with Crippen LogP contribution in [0.5, 0.6) is 0 Å². The zero-order valence-corrected chi connectivity index (χ0v) is 31.2. The van der Waals surface area contributed by atoms with Gasteiger partial charge >= 0.3 is 17.9 Å².